The van der Waals surface area contributed by atoms with Gasteiger partial charge in [-0.05, 0) is 54.3 Å². The molecule has 1 unspecified atom stereocenters. The van der Waals surface area contributed by atoms with E-state index in [0.717, 1.165) is 16.7 Å². The minimum absolute atomic E-state index is 0.140. The van der Waals surface area contributed by atoms with E-state index in [1.807, 2.05) is 42.5 Å². The van der Waals surface area contributed by atoms with Gasteiger partial charge in [-0.3, -0.25) is 9.59 Å². The molecule has 0 bridgehead atoms. The molecule has 4 rings (SSSR count). The fourth-order valence-corrected chi connectivity index (χ4v) is 3.80. The first-order chi connectivity index (χ1) is 16.5. The summed E-state index contributed by atoms with van der Waals surface area (Å²) < 4.78 is 24.1. The number of fused-ring (bicyclic) bond motifs is 1. The summed E-state index contributed by atoms with van der Waals surface area (Å²) in [4.78, 5) is 27.7. The number of amides is 2. The van der Waals surface area contributed by atoms with Crippen LogP contribution >= 0.6 is 0 Å². The van der Waals surface area contributed by atoms with Crippen molar-refractivity contribution < 1.29 is 23.5 Å². The van der Waals surface area contributed by atoms with Crippen molar-refractivity contribution in [2.24, 2.45) is 0 Å². The van der Waals surface area contributed by atoms with Crippen LogP contribution in [-0.2, 0) is 29.1 Å². The number of nitrogens with one attached hydrogen (secondary N) is 1. The molecule has 176 valence electrons. The number of rotatable bonds is 9. The molecule has 1 heterocycles. The number of benzene rings is 3. The number of carbonyl (C=O) groups is 2. The molecule has 0 saturated carbocycles. The lowest BCUT2D eigenvalue weighted by molar-refractivity contribution is -0.140. The first-order valence-corrected chi connectivity index (χ1v) is 11.2. The molecule has 0 aromatic heterocycles. The largest absolute Gasteiger partial charge is 0.454 e. The summed E-state index contributed by atoms with van der Waals surface area (Å²) in [6.45, 7) is 2.40. The summed E-state index contributed by atoms with van der Waals surface area (Å²) in [7, 11) is 0. The zero-order chi connectivity index (χ0) is 23.9. The van der Waals surface area contributed by atoms with E-state index < -0.39 is 6.04 Å². The van der Waals surface area contributed by atoms with Crippen LogP contribution in [0, 0.1) is 5.82 Å². The van der Waals surface area contributed by atoms with Gasteiger partial charge in [0, 0.05) is 19.5 Å². The Hall–Kier alpha value is -3.87. The highest BCUT2D eigenvalue weighted by atomic mass is 19.1. The third-order valence-corrected chi connectivity index (χ3v) is 5.81. The van der Waals surface area contributed by atoms with Gasteiger partial charge in [-0.1, -0.05) is 48.5 Å². The Kier molecular flexibility index (Phi) is 7.42. The van der Waals surface area contributed by atoms with Crippen molar-refractivity contribution in [2.45, 2.75) is 38.9 Å². The molecule has 6 nitrogen and oxygen atoms in total. The summed E-state index contributed by atoms with van der Waals surface area (Å²) in [5.41, 5.74) is 2.67. The molecule has 0 saturated heterocycles. The van der Waals surface area contributed by atoms with E-state index in [2.05, 4.69) is 5.32 Å². The van der Waals surface area contributed by atoms with Crippen LogP contribution in [0.1, 0.15) is 30.0 Å². The Morgan fingerprint density at radius 1 is 0.941 bits per heavy atom. The number of nitrogens with zero attached hydrogens (tertiary/aromatic N) is 1. The fraction of sp³-hybridized carbons (Fsp3) is 0.259. The van der Waals surface area contributed by atoms with Gasteiger partial charge in [0.1, 0.15) is 11.9 Å². The zero-order valence-corrected chi connectivity index (χ0v) is 19.0. The summed E-state index contributed by atoms with van der Waals surface area (Å²) >= 11 is 0. The number of carbonyl (C=O) groups excluding carboxylic acids is 2. The van der Waals surface area contributed by atoms with Crippen molar-refractivity contribution >= 4 is 11.8 Å². The molecule has 34 heavy (non-hydrogen) atoms. The Morgan fingerprint density at radius 3 is 2.41 bits per heavy atom. The Labute approximate surface area is 198 Å². The summed E-state index contributed by atoms with van der Waals surface area (Å²) in [6.07, 6.45) is 0.843. The molecule has 0 fully saturated rings. The second-order valence-electron chi connectivity index (χ2n) is 8.22. The molecule has 1 aliphatic rings. The first-order valence-electron chi connectivity index (χ1n) is 11.2. The Balaban J connectivity index is 1.42. The molecule has 1 aliphatic heterocycles. The summed E-state index contributed by atoms with van der Waals surface area (Å²) in [5.74, 6) is 0.568. The van der Waals surface area contributed by atoms with E-state index in [4.69, 9.17) is 9.47 Å². The van der Waals surface area contributed by atoms with E-state index in [0.29, 0.717) is 24.5 Å². The van der Waals surface area contributed by atoms with Crippen molar-refractivity contribution in [1.29, 1.82) is 0 Å². The third-order valence-electron chi connectivity index (χ3n) is 5.81. The van der Waals surface area contributed by atoms with Crippen LogP contribution in [0.5, 0.6) is 11.5 Å². The molecular formula is C27H27FN2O4. The SMILES string of the molecule is CC(C(=O)NCc1ccc2c(c1)OCO2)N(Cc1ccc(F)cc1)C(=O)CCc1ccccc1. The normalized spacial score (nSPS) is 12.8. The lowest BCUT2D eigenvalue weighted by atomic mass is 10.1. The number of hydrogen-bond acceptors (Lipinski definition) is 4. The topological polar surface area (TPSA) is 67.9 Å². The summed E-state index contributed by atoms with van der Waals surface area (Å²) in [5, 5.41) is 2.90. The zero-order valence-electron chi connectivity index (χ0n) is 19.0. The van der Waals surface area contributed by atoms with E-state index >= 15 is 0 Å². The average molecular weight is 463 g/mol. The summed E-state index contributed by atoms with van der Waals surface area (Å²) in [6, 6.07) is 20.5. The molecule has 0 aliphatic carbocycles. The van der Waals surface area contributed by atoms with Gasteiger partial charge < -0.3 is 19.7 Å². The van der Waals surface area contributed by atoms with Crippen LogP contribution in [0.2, 0.25) is 0 Å². The molecule has 1 N–H and O–H groups in total. The third kappa shape index (κ3) is 5.92. The number of aryl methyl sites for hydroxylation is 1. The number of hydrogen-bond donors (Lipinski definition) is 1. The average Bonchev–Trinajstić information content (AvgIpc) is 3.33. The smallest absolute Gasteiger partial charge is 0.242 e. The van der Waals surface area contributed by atoms with Crippen molar-refractivity contribution in [3.8, 4) is 11.5 Å². The van der Waals surface area contributed by atoms with Crippen LogP contribution in [-0.4, -0.2) is 29.5 Å². The van der Waals surface area contributed by atoms with Crippen molar-refractivity contribution in [2.75, 3.05) is 6.79 Å². The number of halogens is 1. The molecule has 3 aromatic rings. The van der Waals surface area contributed by atoms with Gasteiger partial charge in [0.15, 0.2) is 11.5 Å². The molecule has 0 spiro atoms. The van der Waals surface area contributed by atoms with E-state index in [9.17, 15) is 14.0 Å². The van der Waals surface area contributed by atoms with Crippen LogP contribution in [0.4, 0.5) is 4.39 Å². The highest BCUT2D eigenvalue weighted by Gasteiger charge is 2.26. The predicted octanol–water partition coefficient (Wildman–Crippen LogP) is 4.22. The fourth-order valence-electron chi connectivity index (χ4n) is 3.80. The van der Waals surface area contributed by atoms with Crippen LogP contribution in [0.25, 0.3) is 0 Å². The standard InChI is InChI=1S/C27H27FN2O4/c1-19(27(32)29-16-22-9-13-24-25(15-22)34-18-33-24)30(17-21-7-11-23(28)12-8-21)26(31)14-10-20-5-3-2-4-6-20/h2-9,11-13,15,19H,10,14,16-18H2,1H3,(H,29,32). The van der Waals surface area contributed by atoms with Crippen LogP contribution in [0.3, 0.4) is 0 Å². The van der Waals surface area contributed by atoms with Crippen molar-refractivity contribution in [1.82, 2.24) is 10.2 Å². The molecule has 0 radical (unpaired) electrons. The highest BCUT2D eigenvalue weighted by Crippen LogP contribution is 2.32. The van der Waals surface area contributed by atoms with E-state index in [1.54, 1.807) is 30.0 Å². The van der Waals surface area contributed by atoms with Gasteiger partial charge in [0.25, 0.3) is 0 Å². The maximum absolute atomic E-state index is 13.4. The van der Waals surface area contributed by atoms with Crippen LogP contribution < -0.4 is 14.8 Å². The van der Waals surface area contributed by atoms with Gasteiger partial charge in [-0.25, -0.2) is 4.39 Å². The van der Waals surface area contributed by atoms with Gasteiger partial charge in [0.2, 0.25) is 18.6 Å². The Morgan fingerprint density at radius 2 is 1.65 bits per heavy atom. The minimum Gasteiger partial charge on any atom is -0.454 e. The second kappa shape index (κ2) is 10.8. The lowest BCUT2D eigenvalue weighted by Crippen LogP contribution is -2.47. The lowest BCUT2D eigenvalue weighted by Gasteiger charge is -2.29. The van der Waals surface area contributed by atoms with Gasteiger partial charge in [-0.2, -0.15) is 0 Å². The quantitative estimate of drug-likeness (QED) is 0.517. The monoisotopic (exact) mass is 462 g/mol. The van der Waals surface area contributed by atoms with Gasteiger partial charge in [-0.15, -0.1) is 0 Å². The molecule has 3 aromatic carbocycles. The second-order valence-corrected chi connectivity index (χ2v) is 8.22. The van der Waals surface area contributed by atoms with Crippen molar-refractivity contribution in [3.63, 3.8) is 0 Å². The van der Waals surface area contributed by atoms with Crippen LogP contribution in [0.15, 0.2) is 72.8 Å². The van der Waals surface area contributed by atoms with Crippen molar-refractivity contribution in [3.05, 3.63) is 95.3 Å². The van der Waals surface area contributed by atoms with Gasteiger partial charge in [0.05, 0.1) is 0 Å². The first kappa shape index (κ1) is 23.3. The maximum atomic E-state index is 13.4. The van der Waals surface area contributed by atoms with E-state index in [-0.39, 0.29) is 37.4 Å². The molecule has 1 atom stereocenters. The molecule has 7 heteroatoms. The highest BCUT2D eigenvalue weighted by molar-refractivity contribution is 5.87. The molecule has 2 amide bonds. The number of ether oxygens (including phenoxy) is 2. The predicted molar refractivity (Wildman–Crippen MR) is 126 cm³/mol. The van der Waals surface area contributed by atoms with Gasteiger partial charge >= 0.3 is 0 Å². The Bertz CT molecular complexity index is 1140. The molecular weight excluding hydrogens is 435 g/mol. The minimum atomic E-state index is -0.706. The maximum Gasteiger partial charge on any atom is 0.242 e. The van der Waals surface area contributed by atoms with E-state index in [1.165, 1.54) is 12.1 Å².